The van der Waals surface area contributed by atoms with Crippen molar-refractivity contribution in [3.05, 3.63) is 58.3 Å². The Morgan fingerprint density at radius 3 is 2.61 bits per heavy atom. The van der Waals surface area contributed by atoms with Crippen molar-refractivity contribution in [3.8, 4) is 0 Å². The molecule has 4 heteroatoms. The van der Waals surface area contributed by atoms with E-state index in [1.54, 1.807) is 6.07 Å². The molecule has 0 unspecified atom stereocenters. The first-order chi connectivity index (χ1) is 8.81. The fourth-order valence-electron chi connectivity index (χ4n) is 1.56. The second-order valence-corrected chi connectivity index (χ2v) is 4.64. The standard InChI is InChI=1S/C14H14N2OS/c1-2-12(11-7-4-3-5-8-11)15-16-14(17)13-9-6-10-18-13/h3-10H,2H2,1H3,(H,16,17). The first-order valence-electron chi connectivity index (χ1n) is 5.77. The third-order valence-electron chi connectivity index (χ3n) is 2.48. The molecule has 18 heavy (non-hydrogen) atoms. The molecule has 0 saturated carbocycles. The lowest BCUT2D eigenvalue weighted by atomic mass is 10.1. The molecule has 2 aromatic rings. The number of amides is 1. The molecule has 0 radical (unpaired) electrons. The molecule has 0 saturated heterocycles. The lowest BCUT2D eigenvalue weighted by molar-refractivity contribution is 0.0959. The van der Waals surface area contributed by atoms with Crippen molar-refractivity contribution in [2.75, 3.05) is 0 Å². The molecule has 1 N–H and O–H groups in total. The number of thiophene rings is 1. The van der Waals surface area contributed by atoms with Crippen molar-refractivity contribution in [2.45, 2.75) is 13.3 Å². The average Bonchev–Trinajstić information content (AvgIpc) is 2.94. The van der Waals surface area contributed by atoms with Gasteiger partial charge in [0.15, 0.2) is 0 Å². The van der Waals surface area contributed by atoms with Crippen LogP contribution >= 0.6 is 11.3 Å². The Hall–Kier alpha value is -1.94. The van der Waals surface area contributed by atoms with Crippen LogP contribution in [0.2, 0.25) is 0 Å². The summed E-state index contributed by atoms with van der Waals surface area (Å²) in [4.78, 5) is 12.4. The summed E-state index contributed by atoms with van der Waals surface area (Å²) in [7, 11) is 0. The number of rotatable bonds is 4. The number of nitrogens with zero attached hydrogens (tertiary/aromatic N) is 1. The van der Waals surface area contributed by atoms with Gasteiger partial charge in [0.2, 0.25) is 0 Å². The van der Waals surface area contributed by atoms with E-state index in [2.05, 4.69) is 10.5 Å². The van der Waals surface area contributed by atoms with Gasteiger partial charge in [0.25, 0.3) is 5.91 Å². The van der Waals surface area contributed by atoms with Crippen molar-refractivity contribution in [2.24, 2.45) is 5.10 Å². The smallest absolute Gasteiger partial charge is 0.266 e. The van der Waals surface area contributed by atoms with Gasteiger partial charge >= 0.3 is 0 Å². The zero-order valence-electron chi connectivity index (χ0n) is 10.1. The number of carbonyl (C=O) groups is 1. The maximum Gasteiger partial charge on any atom is 0.281 e. The fraction of sp³-hybridized carbons (Fsp3) is 0.143. The van der Waals surface area contributed by atoms with E-state index in [9.17, 15) is 4.79 Å². The zero-order chi connectivity index (χ0) is 12.8. The summed E-state index contributed by atoms with van der Waals surface area (Å²) in [6.07, 6.45) is 0.773. The van der Waals surface area contributed by atoms with Crippen LogP contribution in [0.3, 0.4) is 0 Å². The van der Waals surface area contributed by atoms with Gasteiger partial charge in [-0.25, -0.2) is 5.43 Å². The van der Waals surface area contributed by atoms with Gasteiger partial charge in [-0.05, 0) is 23.4 Å². The van der Waals surface area contributed by atoms with Gasteiger partial charge in [-0.1, -0.05) is 43.3 Å². The Morgan fingerprint density at radius 1 is 1.22 bits per heavy atom. The minimum atomic E-state index is -0.160. The van der Waals surface area contributed by atoms with Crippen molar-refractivity contribution >= 4 is 23.0 Å². The van der Waals surface area contributed by atoms with Crippen LogP contribution in [0, 0.1) is 0 Å². The number of hydrogen-bond donors (Lipinski definition) is 1. The van der Waals surface area contributed by atoms with E-state index in [0.29, 0.717) is 4.88 Å². The Balaban J connectivity index is 2.10. The molecule has 0 fully saturated rings. The minimum Gasteiger partial charge on any atom is -0.266 e. The molecule has 0 aliphatic heterocycles. The molecule has 92 valence electrons. The van der Waals surface area contributed by atoms with Crippen LogP contribution in [0.15, 0.2) is 52.9 Å². The highest BCUT2D eigenvalue weighted by molar-refractivity contribution is 7.12. The third-order valence-corrected chi connectivity index (χ3v) is 3.35. The molecular formula is C14H14N2OS. The predicted octanol–water partition coefficient (Wildman–Crippen LogP) is 3.29. The summed E-state index contributed by atoms with van der Waals surface area (Å²) in [5.41, 5.74) is 4.50. The summed E-state index contributed by atoms with van der Waals surface area (Å²) in [5.74, 6) is -0.160. The van der Waals surface area contributed by atoms with E-state index in [1.807, 2.05) is 48.7 Å². The number of nitrogens with one attached hydrogen (secondary N) is 1. The third kappa shape index (κ3) is 3.05. The number of benzene rings is 1. The largest absolute Gasteiger partial charge is 0.281 e. The van der Waals surface area contributed by atoms with Gasteiger partial charge in [0.05, 0.1) is 10.6 Å². The Labute approximate surface area is 110 Å². The molecule has 0 aliphatic rings. The van der Waals surface area contributed by atoms with Gasteiger partial charge in [0.1, 0.15) is 0 Å². The topological polar surface area (TPSA) is 41.5 Å². The Morgan fingerprint density at radius 2 is 2.00 bits per heavy atom. The monoisotopic (exact) mass is 258 g/mol. The quantitative estimate of drug-likeness (QED) is 0.663. The summed E-state index contributed by atoms with van der Waals surface area (Å²) < 4.78 is 0. The van der Waals surface area contributed by atoms with E-state index in [1.165, 1.54) is 11.3 Å². The van der Waals surface area contributed by atoms with Crippen LogP contribution < -0.4 is 5.43 Å². The van der Waals surface area contributed by atoms with E-state index < -0.39 is 0 Å². The minimum absolute atomic E-state index is 0.160. The molecule has 0 aliphatic carbocycles. The highest BCUT2D eigenvalue weighted by Gasteiger charge is 2.06. The van der Waals surface area contributed by atoms with Crippen molar-refractivity contribution in [1.82, 2.24) is 5.43 Å². The van der Waals surface area contributed by atoms with Crippen LogP contribution in [-0.2, 0) is 0 Å². The molecule has 1 aromatic heterocycles. The first-order valence-corrected chi connectivity index (χ1v) is 6.65. The van der Waals surface area contributed by atoms with E-state index in [-0.39, 0.29) is 5.91 Å². The van der Waals surface area contributed by atoms with Crippen LogP contribution in [0.4, 0.5) is 0 Å². The molecule has 3 nitrogen and oxygen atoms in total. The van der Waals surface area contributed by atoms with Crippen LogP contribution in [0.5, 0.6) is 0 Å². The maximum atomic E-state index is 11.7. The Bertz CT molecular complexity index is 532. The van der Waals surface area contributed by atoms with Gasteiger partial charge in [-0.2, -0.15) is 5.10 Å². The number of carbonyl (C=O) groups excluding carboxylic acids is 1. The van der Waals surface area contributed by atoms with Crippen LogP contribution in [0.1, 0.15) is 28.6 Å². The average molecular weight is 258 g/mol. The SMILES string of the molecule is CCC(=NNC(=O)c1cccs1)c1ccccc1. The normalized spacial score (nSPS) is 11.3. The van der Waals surface area contributed by atoms with E-state index >= 15 is 0 Å². The van der Waals surface area contributed by atoms with Crippen molar-refractivity contribution in [3.63, 3.8) is 0 Å². The van der Waals surface area contributed by atoms with E-state index in [4.69, 9.17) is 0 Å². The molecule has 0 atom stereocenters. The zero-order valence-corrected chi connectivity index (χ0v) is 10.9. The molecular weight excluding hydrogens is 244 g/mol. The molecule has 1 amide bonds. The first kappa shape index (κ1) is 12.5. The maximum absolute atomic E-state index is 11.7. The second-order valence-electron chi connectivity index (χ2n) is 3.70. The fourth-order valence-corrected chi connectivity index (χ4v) is 2.17. The molecule has 2 rings (SSSR count). The Kier molecular flexibility index (Phi) is 4.25. The highest BCUT2D eigenvalue weighted by Crippen LogP contribution is 2.08. The van der Waals surface area contributed by atoms with Gasteiger partial charge in [-0.15, -0.1) is 11.3 Å². The molecule has 0 spiro atoms. The summed E-state index contributed by atoms with van der Waals surface area (Å²) in [5, 5.41) is 6.06. The highest BCUT2D eigenvalue weighted by atomic mass is 32.1. The molecule has 1 heterocycles. The van der Waals surface area contributed by atoms with Crippen molar-refractivity contribution < 1.29 is 4.79 Å². The van der Waals surface area contributed by atoms with Gasteiger partial charge < -0.3 is 0 Å². The molecule has 0 bridgehead atoms. The van der Waals surface area contributed by atoms with Gasteiger partial charge in [-0.3, -0.25) is 4.79 Å². The summed E-state index contributed by atoms with van der Waals surface area (Å²) in [6.45, 7) is 2.02. The van der Waals surface area contributed by atoms with Crippen LogP contribution in [0.25, 0.3) is 0 Å². The van der Waals surface area contributed by atoms with Gasteiger partial charge in [0, 0.05) is 0 Å². The lowest BCUT2D eigenvalue weighted by Gasteiger charge is -2.04. The van der Waals surface area contributed by atoms with Crippen LogP contribution in [-0.4, -0.2) is 11.6 Å². The van der Waals surface area contributed by atoms with E-state index in [0.717, 1.165) is 17.7 Å². The number of hydrogen-bond acceptors (Lipinski definition) is 3. The second kappa shape index (κ2) is 6.12. The predicted molar refractivity (Wildman–Crippen MR) is 75.1 cm³/mol. The number of hydrazone groups is 1. The van der Waals surface area contributed by atoms with Crippen molar-refractivity contribution in [1.29, 1.82) is 0 Å². The summed E-state index contributed by atoms with van der Waals surface area (Å²) >= 11 is 1.40. The lowest BCUT2D eigenvalue weighted by Crippen LogP contribution is -2.18. The summed E-state index contributed by atoms with van der Waals surface area (Å²) in [6, 6.07) is 13.5. The molecule has 1 aromatic carbocycles.